The van der Waals surface area contributed by atoms with Crippen molar-refractivity contribution < 1.29 is 19.1 Å². The minimum Gasteiger partial charge on any atom is -0.337 e. The van der Waals surface area contributed by atoms with E-state index >= 15 is 0 Å². The van der Waals surface area contributed by atoms with E-state index in [4.69, 9.17) is 9.47 Å². The molecule has 0 radical (unpaired) electrons. The highest BCUT2D eigenvalue weighted by Crippen LogP contribution is 2.43. The zero-order valence-corrected chi connectivity index (χ0v) is 10.5. The number of rotatable bonds is 0. The van der Waals surface area contributed by atoms with Crippen LogP contribution in [0.3, 0.4) is 0 Å². The van der Waals surface area contributed by atoms with E-state index in [0.29, 0.717) is 11.1 Å². The molecule has 2 aliphatic rings. The lowest BCUT2D eigenvalue weighted by Gasteiger charge is -2.24. The summed E-state index contributed by atoms with van der Waals surface area (Å²) in [7, 11) is 0. The van der Waals surface area contributed by atoms with Crippen molar-refractivity contribution in [1.82, 2.24) is 0 Å². The van der Waals surface area contributed by atoms with Gasteiger partial charge in [0.15, 0.2) is 11.4 Å². The normalized spacial score (nSPS) is 38.5. The summed E-state index contributed by atoms with van der Waals surface area (Å²) in [5, 5.41) is 0. The Morgan fingerprint density at radius 3 is 2.22 bits per heavy atom. The Hall–Kier alpha value is -1.52. The summed E-state index contributed by atoms with van der Waals surface area (Å²) < 4.78 is 11.3. The summed E-state index contributed by atoms with van der Waals surface area (Å²) in [5.74, 6) is -1.85. The first-order chi connectivity index (χ1) is 8.38. The van der Waals surface area contributed by atoms with E-state index in [-0.39, 0.29) is 11.6 Å². The summed E-state index contributed by atoms with van der Waals surface area (Å²) in [6, 6.07) is 6.79. The van der Waals surface area contributed by atoms with E-state index in [9.17, 15) is 9.59 Å². The molecule has 0 N–H and O–H groups in total. The molecule has 1 aromatic rings. The Morgan fingerprint density at radius 1 is 1.06 bits per heavy atom. The number of carbonyl (C=O) groups excluding carboxylic acids is 2. The highest BCUT2D eigenvalue weighted by molar-refractivity contribution is 6.16. The molecular formula is C14H14O4. The van der Waals surface area contributed by atoms with Gasteiger partial charge in [0.2, 0.25) is 11.6 Å². The average Bonchev–Trinajstić information content (AvgIpc) is 2.57. The van der Waals surface area contributed by atoms with Crippen molar-refractivity contribution in [2.45, 2.75) is 38.3 Å². The predicted molar refractivity (Wildman–Crippen MR) is 63.5 cm³/mol. The van der Waals surface area contributed by atoms with Crippen LogP contribution in [0.2, 0.25) is 0 Å². The third kappa shape index (κ3) is 1.22. The maximum atomic E-state index is 12.6. The Bertz CT molecular complexity index is 565. The van der Waals surface area contributed by atoms with Crippen LogP contribution in [0.4, 0.5) is 0 Å². The van der Waals surface area contributed by atoms with Gasteiger partial charge in [-0.25, -0.2) is 0 Å². The molecule has 2 heterocycles. The van der Waals surface area contributed by atoms with Gasteiger partial charge in [-0.2, -0.15) is 0 Å². The lowest BCUT2D eigenvalue weighted by atomic mass is 9.87. The third-order valence-corrected chi connectivity index (χ3v) is 3.86. The Labute approximate surface area is 105 Å². The molecule has 18 heavy (non-hydrogen) atoms. The zero-order chi connectivity index (χ0) is 13.1. The number of ketones is 2. The van der Waals surface area contributed by atoms with E-state index in [2.05, 4.69) is 0 Å². The fourth-order valence-electron chi connectivity index (χ4n) is 2.68. The Kier molecular flexibility index (Phi) is 2.10. The van der Waals surface area contributed by atoms with Crippen LogP contribution in [0.25, 0.3) is 0 Å². The van der Waals surface area contributed by atoms with Gasteiger partial charge in [0.25, 0.3) is 0 Å². The lowest BCUT2D eigenvalue weighted by Crippen LogP contribution is -2.43. The number of hydrogen-bond donors (Lipinski definition) is 0. The van der Waals surface area contributed by atoms with Gasteiger partial charge in [-0.1, -0.05) is 24.3 Å². The molecular weight excluding hydrogens is 232 g/mol. The van der Waals surface area contributed by atoms with Crippen molar-refractivity contribution in [1.29, 1.82) is 0 Å². The predicted octanol–water partition coefficient (Wildman–Crippen LogP) is 1.98. The molecule has 4 nitrogen and oxygen atoms in total. The summed E-state index contributed by atoms with van der Waals surface area (Å²) >= 11 is 0. The van der Waals surface area contributed by atoms with Crippen LogP contribution >= 0.6 is 0 Å². The van der Waals surface area contributed by atoms with Crippen LogP contribution in [-0.4, -0.2) is 29.1 Å². The maximum Gasteiger partial charge on any atom is 0.232 e. The fraction of sp³-hybridized carbons (Fsp3) is 0.429. The average molecular weight is 246 g/mol. The number of ether oxygens (including phenoxy) is 2. The molecule has 0 aliphatic carbocycles. The molecule has 0 saturated carbocycles. The lowest BCUT2D eigenvalue weighted by molar-refractivity contribution is -0.130. The van der Waals surface area contributed by atoms with Crippen molar-refractivity contribution >= 4 is 11.6 Å². The standard InChI is InChI=1S/C14H14O4/c1-8-13(2)11(15)9-6-4-5-7-10(9)12(16)14(3,17-8)18-13/h4-8H,1-3H3/t8-,13-,14-/m1/s1. The molecule has 1 fully saturated rings. The fourth-order valence-corrected chi connectivity index (χ4v) is 2.68. The van der Waals surface area contributed by atoms with Gasteiger partial charge in [0.05, 0.1) is 6.10 Å². The molecule has 1 saturated heterocycles. The van der Waals surface area contributed by atoms with Gasteiger partial charge in [-0.15, -0.1) is 0 Å². The van der Waals surface area contributed by atoms with Crippen LogP contribution in [0.1, 0.15) is 41.5 Å². The van der Waals surface area contributed by atoms with Crippen molar-refractivity contribution in [2.75, 3.05) is 0 Å². The Balaban J connectivity index is 2.30. The van der Waals surface area contributed by atoms with Gasteiger partial charge in [0, 0.05) is 11.1 Å². The second kappa shape index (κ2) is 3.28. The molecule has 2 bridgehead atoms. The topological polar surface area (TPSA) is 52.6 Å². The number of carbonyl (C=O) groups is 2. The third-order valence-electron chi connectivity index (χ3n) is 3.86. The molecule has 94 valence electrons. The SMILES string of the molecule is C[C@H]1O[C@]2(C)O[C@@]1(C)C(=O)c1ccccc1C2=O. The minimum absolute atomic E-state index is 0.194. The highest BCUT2D eigenvalue weighted by atomic mass is 16.8. The largest absolute Gasteiger partial charge is 0.337 e. The first-order valence-corrected chi connectivity index (χ1v) is 5.95. The molecule has 3 rings (SSSR count). The van der Waals surface area contributed by atoms with Crippen LogP contribution in [0, 0.1) is 0 Å². The Morgan fingerprint density at radius 2 is 1.61 bits per heavy atom. The minimum atomic E-state index is -1.36. The molecule has 0 amide bonds. The van der Waals surface area contributed by atoms with Gasteiger partial charge in [-0.3, -0.25) is 9.59 Å². The van der Waals surface area contributed by atoms with Gasteiger partial charge < -0.3 is 9.47 Å². The molecule has 4 heteroatoms. The van der Waals surface area contributed by atoms with Crippen LogP contribution in [0.5, 0.6) is 0 Å². The molecule has 2 aliphatic heterocycles. The first-order valence-electron chi connectivity index (χ1n) is 5.95. The van der Waals surface area contributed by atoms with Crippen molar-refractivity contribution in [3.05, 3.63) is 35.4 Å². The second-order valence-electron chi connectivity index (χ2n) is 5.12. The molecule has 0 unspecified atom stereocenters. The molecule has 1 aromatic carbocycles. The molecule has 0 aromatic heterocycles. The van der Waals surface area contributed by atoms with Crippen LogP contribution in [-0.2, 0) is 9.47 Å². The van der Waals surface area contributed by atoms with Gasteiger partial charge in [0.1, 0.15) is 0 Å². The second-order valence-corrected chi connectivity index (χ2v) is 5.12. The first kappa shape index (κ1) is 11.6. The van der Waals surface area contributed by atoms with E-state index in [1.807, 2.05) is 0 Å². The number of Topliss-reactive ketones (excluding diaryl/α,β-unsaturated/α-hetero) is 2. The summed E-state index contributed by atoms with van der Waals surface area (Å²) in [4.78, 5) is 25.0. The van der Waals surface area contributed by atoms with E-state index in [1.54, 1.807) is 45.0 Å². The summed E-state index contributed by atoms with van der Waals surface area (Å²) in [6.07, 6.45) is -0.452. The van der Waals surface area contributed by atoms with Gasteiger partial charge >= 0.3 is 0 Å². The highest BCUT2D eigenvalue weighted by Gasteiger charge is 2.60. The molecule has 3 atom stereocenters. The van der Waals surface area contributed by atoms with Crippen LogP contribution in [0.15, 0.2) is 24.3 Å². The van der Waals surface area contributed by atoms with Gasteiger partial charge in [-0.05, 0) is 20.8 Å². The number of hydrogen-bond acceptors (Lipinski definition) is 4. The smallest absolute Gasteiger partial charge is 0.232 e. The summed E-state index contributed by atoms with van der Waals surface area (Å²) in [5.41, 5.74) is -0.304. The van der Waals surface area contributed by atoms with Crippen LogP contribution < -0.4 is 0 Å². The van der Waals surface area contributed by atoms with Crippen molar-refractivity contribution in [2.24, 2.45) is 0 Å². The molecule has 0 spiro atoms. The number of benzene rings is 1. The van der Waals surface area contributed by atoms with E-state index in [1.165, 1.54) is 0 Å². The van der Waals surface area contributed by atoms with E-state index < -0.39 is 17.5 Å². The maximum absolute atomic E-state index is 12.6. The monoisotopic (exact) mass is 246 g/mol. The number of fused-ring (bicyclic) bond motifs is 3. The van der Waals surface area contributed by atoms with E-state index in [0.717, 1.165) is 0 Å². The quantitative estimate of drug-likeness (QED) is 0.702. The summed E-state index contributed by atoms with van der Waals surface area (Å²) in [6.45, 7) is 5.01. The van der Waals surface area contributed by atoms with Crippen molar-refractivity contribution in [3.8, 4) is 0 Å². The van der Waals surface area contributed by atoms with Crippen molar-refractivity contribution in [3.63, 3.8) is 0 Å². The zero-order valence-electron chi connectivity index (χ0n) is 10.5.